The van der Waals surface area contributed by atoms with Crippen molar-refractivity contribution in [2.24, 2.45) is 4.99 Å². The Labute approximate surface area is 226 Å². The number of nitrogens with zero attached hydrogens (tertiary/aromatic N) is 5. The van der Waals surface area contributed by atoms with Gasteiger partial charge in [0.25, 0.3) is 5.56 Å². The molecule has 0 bridgehead atoms. The van der Waals surface area contributed by atoms with Gasteiger partial charge in [-0.2, -0.15) is 10.5 Å². The number of aromatic hydroxyl groups is 1. The molecule has 192 valence electrons. The third kappa shape index (κ3) is 4.43. The molecule has 1 N–H and O–H groups in total. The number of methoxy groups -OCH3 is 1. The Morgan fingerprint density at radius 3 is 2.62 bits per heavy atom. The van der Waals surface area contributed by atoms with E-state index in [1.807, 2.05) is 0 Å². The fraction of sp³-hybridized carbons (Fsp3) is 0.138. The number of nitriles is 2. The van der Waals surface area contributed by atoms with Gasteiger partial charge < -0.3 is 14.6 Å². The Kier molecular flexibility index (Phi) is 6.96. The van der Waals surface area contributed by atoms with Crippen LogP contribution in [0.5, 0.6) is 11.5 Å². The number of rotatable bonds is 6. The average Bonchev–Trinajstić information content (AvgIpc) is 3.29. The number of allylic oxidation sites excluding steroid dienone is 1. The van der Waals surface area contributed by atoms with Crippen LogP contribution >= 0.6 is 11.3 Å². The number of fused-ring (bicyclic) bond motifs is 2. The zero-order chi connectivity index (χ0) is 27.5. The van der Waals surface area contributed by atoms with E-state index in [1.54, 1.807) is 68.8 Å². The lowest BCUT2D eigenvalue weighted by Gasteiger charge is -2.22. The Hall–Kier alpha value is -5.19. The number of pyridine rings is 1. The molecule has 9 nitrogen and oxygen atoms in total. The summed E-state index contributed by atoms with van der Waals surface area (Å²) >= 11 is 1.13. The van der Waals surface area contributed by atoms with Crippen LogP contribution in [-0.4, -0.2) is 34.8 Å². The lowest BCUT2D eigenvalue weighted by atomic mass is 9.84. The monoisotopic (exact) mass is 535 g/mol. The molecule has 4 aromatic rings. The van der Waals surface area contributed by atoms with Crippen LogP contribution in [0.25, 0.3) is 28.4 Å². The van der Waals surface area contributed by atoms with Crippen molar-refractivity contribution in [2.75, 3.05) is 13.7 Å². The first kappa shape index (κ1) is 25.5. The summed E-state index contributed by atoms with van der Waals surface area (Å²) in [6.45, 7) is 2.14. The molecule has 0 amide bonds. The summed E-state index contributed by atoms with van der Waals surface area (Å²) in [5.74, 6) is 0.00961. The van der Waals surface area contributed by atoms with Crippen molar-refractivity contribution in [3.63, 3.8) is 0 Å². The van der Waals surface area contributed by atoms with Gasteiger partial charge in [0.1, 0.15) is 21.7 Å². The summed E-state index contributed by atoms with van der Waals surface area (Å²) in [7, 11) is 1.55. The zero-order valence-corrected chi connectivity index (χ0v) is 21.8. The summed E-state index contributed by atoms with van der Waals surface area (Å²) in [6, 6.07) is 18.3. The van der Waals surface area contributed by atoms with Crippen LogP contribution < -0.4 is 19.5 Å². The van der Waals surface area contributed by atoms with Gasteiger partial charge in [0.05, 0.1) is 47.5 Å². The van der Waals surface area contributed by atoms with Gasteiger partial charge in [0, 0.05) is 11.6 Å². The van der Waals surface area contributed by atoms with E-state index in [9.17, 15) is 20.4 Å². The summed E-state index contributed by atoms with van der Waals surface area (Å²) in [4.78, 5) is 22.4. The van der Waals surface area contributed by atoms with Gasteiger partial charge in [0.2, 0.25) is 0 Å². The number of thiazole rings is 1. The molecule has 10 heteroatoms. The molecule has 1 aliphatic rings. The minimum absolute atomic E-state index is 0.0292. The molecule has 0 saturated heterocycles. The van der Waals surface area contributed by atoms with Crippen LogP contribution in [0.2, 0.25) is 0 Å². The number of phenols is 1. The Morgan fingerprint density at radius 1 is 1.15 bits per heavy atom. The number of ether oxygens (including phenoxy) is 2. The smallest absolute Gasteiger partial charge is 0.274 e. The molecule has 3 heterocycles. The maximum absolute atomic E-state index is 13.8. The maximum atomic E-state index is 13.8. The average molecular weight is 536 g/mol. The quantitative estimate of drug-likeness (QED) is 0.296. The fourth-order valence-electron chi connectivity index (χ4n) is 4.46. The molecule has 0 fully saturated rings. The third-order valence-corrected chi connectivity index (χ3v) is 7.37. The normalized spacial score (nSPS) is 15.3. The second-order valence-electron chi connectivity index (χ2n) is 8.40. The van der Waals surface area contributed by atoms with E-state index in [-0.39, 0.29) is 22.7 Å². The molecule has 1 unspecified atom stereocenters. The summed E-state index contributed by atoms with van der Waals surface area (Å²) in [6.07, 6.45) is 4.47. The number of hydrogen-bond donors (Lipinski definition) is 1. The molecule has 0 radical (unpaired) electrons. The van der Waals surface area contributed by atoms with Crippen LogP contribution in [0.3, 0.4) is 0 Å². The van der Waals surface area contributed by atoms with Gasteiger partial charge in [-0.1, -0.05) is 24.3 Å². The predicted molar refractivity (Wildman–Crippen MR) is 149 cm³/mol. The third-order valence-electron chi connectivity index (χ3n) is 6.26. The molecule has 2 aromatic heterocycles. The molecule has 1 atom stereocenters. The highest BCUT2D eigenvalue weighted by molar-refractivity contribution is 7.07. The number of aromatic nitrogens is 2. The number of aliphatic imine (C=N–C) groups is 1. The lowest BCUT2D eigenvalue weighted by Crippen LogP contribution is -2.35. The number of hydrogen-bond acceptors (Lipinski definition) is 9. The van der Waals surface area contributed by atoms with Gasteiger partial charge in [-0.3, -0.25) is 9.78 Å². The van der Waals surface area contributed by atoms with Crippen LogP contribution in [0.1, 0.15) is 24.0 Å². The highest BCUT2D eigenvalue weighted by Gasteiger charge is 2.33. The van der Waals surface area contributed by atoms with Gasteiger partial charge >= 0.3 is 0 Å². The van der Waals surface area contributed by atoms with E-state index in [0.29, 0.717) is 43.6 Å². The molecular weight excluding hydrogens is 514 g/mol. The number of phenolic OH excluding ortho intramolecular Hbond substituents is 1. The van der Waals surface area contributed by atoms with Crippen molar-refractivity contribution >= 4 is 46.1 Å². The summed E-state index contributed by atoms with van der Waals surface area (Å²) in [5, 5.41) is 31.4. The molecule has 0 saturated carbocycles. The summed E-state index contributed by atoms with van der Waals surface area (Å²) < 4.78 is 12.6. The van der Waals surface area contributed by atoms with Crippen molar-refractivity contribution in [3.05, 3.63) is 91.0 Å². The second kappa shape index (κ2) is 10.7. The van der Waals surface area contributed by atoms with Crippen LogP contribution in [-0.2, 0) is 4.74 Å². The molecule has 0 aliphatic carbocycles. The van der Waals surface area contributed by atoms with E-state index < -0.39 is 11.5 Å². The predicted octanol–water partition coefficient (Wildman–Crippen LogP) is 3.23. The van der Waals surface area contributed by atoms with Crippen molar-refractivity contribution < 1.29 is 14.6 Å². The first-order valence-corrected chi connectivity index (χ1v) is 12.7. The largest absolute Gasteiger partial charge is 0.506 e. The summed E-state index contributed by atoms with van der Waals surface area (Å²) in [5.41, 5.74) is 1.72. The molecule has 2 aromatic carbocycles. The lowest BCUT2D eigenvalue weighted by molar-refractivity contribution is 0.344. The second-order valence-corrected chi connectivity index (χ2v) is 9.43. The molecule has 5 rings (SSSR count). The standard InChI is InChI=1S/C29H21N5O4S/c1-3-38-16-33-27-21(14-30)25(17-6-9-19(37-2)10-7-17)22(15-31)29-34(27)28(36)24(39-29)13-18-8-11-23(35)26-20(18)5-4-12-32-26/h4-13,16,25,35H,3H2,1-2H3/b24-13+,33-16+. The first-order chi connectivity index (χ1) is 19.0. The Morgan fingerprint density at radius 2 is 1.92 bits per heavy atom. The van der Waals surface area contributed by atoms with E-state index in [4.69, 9.17) is 9.47 Å². The van der Waals surface area contributed by atoms with Gasteiger partial charge in [0.15, 0.2) is 12.2 Å². The SMILES string of the molecule is CCO/C=N/C1=C(C#N)C(c2ccc(OC)cc2)C(C#N)=c2s/c(=C/c3ccc(O)c4ncccc34)c(=O)n21. The van der Waals surface area contributed by atoms with Crippen molar-refractivity contribution in [3.8, 4) is 23.6 Å². The molecule has 1 aliphatic heterocycles. The van der Waals surface area contributed by atoms with E-state index in [2.05, 4.69) is 22.1 Å². The van der Waals surface area contributed by atoms with E-state index in [0.717, 1.165) is 11.3 Å². The maximum Gasteiger partial charge on any atom is 0.274 e. The minimum Gasteiger partial charge on any atom is -0.506 e. The first-order valence-electron chi connectivity index (χ1n) is 11.9. The van der Waals surface area contributed by atoms with E-state index >= 15 is 0 Å². The molecule has 39 heavy (non-hydrogen) atoms. The van der Waals surface area contributed by atoms with Gasteiger partial charge in [-0.05, 0) is 48.4 Å². The van der Waals surface area contributed by atoms with Gasteiger partial charge in [-0.15, -0.1) is 11.3 Å². The van der Waals surface area contributed by atoms with E-state index in [1.165, 1.54) is 17.0 Å². The molecular formula is C29H21N5O4S. The van der Waals surface area contributed by atoms with Crippen molar-refractivity contribution in [1.82, 2.24) is 9.55 Å². The Bertz CT molecular complexity index is 1920. The minimum atomic E-state index is -0.746. The fourth-order valence-corrected chi connectivity index (χ4v) is 5.57. The van der Waals surface area contributed by atoms with Crippen LogP contribution in [0.15, 0.2) is 70.1 Å². The zero-order valence-electron chi connectivity index (χ0n) is 21.0. The number of benzene rings is 2. The highest BCUT2D eigenvalue weighted by atomic mass is 32.1. The van der Waals surface area contributed by atoms with Crippen molar-refractivity contribution in [1.29, 1.82) is 10.5 Å². The van der Waals surface area contributed by atoms with Crippen LogP contribution in [0.4, 0.5) is 0 Å². The highest BCUT2D eigenvalue weighted by Crippen LogP contribution is 2.37. The van der Waals surface area contributed by atoms with Crippen molar-refractivity contribution in [2.45, 2.75) is 12.8 Å². The van der Waals surface area contributed by atoms with Gasteiger partial charge in [-0.25, -0.2) is 9.56 Å². The topological polar surface area (TPSA) is 134 Å². The van der Waals surface area contributed by atoms with Crippen LogP contribution in [0, 0.1) is 22.7 Å². The molecule has 0 spiro atoms. The Balaban J connectivity index is 1.84.